The molecule has 1 N–H and O–H groups in total. The van der Waals surface area contributed by atoms with E-state index in [1.165, 1.54) is 23.3 Å². The molecule has 5 heteroatoms. The number of imidazole rings is 1. The number of halogens is 1. The molecule has 5 rings (SSSR count). The number of benzene rings is 2. The van der Waals surface area contributed by atoms with Gasteiger partial charge in [-0.15, -0.1) is 0 Å². The van der Waals surface area contributed by atoms with Gasteiger partial charge in [0.1, 0.15) is 11.6 Å². The minimum Gasteiger partial charge on any atom is -0.325 e. The van der Waals surface area contributed by atoms with E-state index >= 15 is 0 Å². The zero-order valence-electron chi connectivity index (χ0n) is 17.4. The molecule has 0 amide bonds. The van der Waals surface area contributed by atoms with Crippen molar-refractivity contribution in [1.82, 2.24) is 14.9 Å². The zero-order chi connectivity index (χ0) is 20.7. The third-order valence-corrected chi connectivity index (χ3v) is 6.94. The highest BCUT2D eigenvalue weighted by Crippen LogP contribution is 2.33. The molecule has 2 aromatic carbocycles. The van der Waals surface area contributed by atoms with Gasteiger partial charge in [0.25, 0.3) is 0 Å². The lowest BCUT2D eigenvalue weighted by molar-refractivity contribution is 0.283. The van der Waals surface area contributed by atoms with Gasteiger partial charge in [0.2, 0.25) is 0 Å². The van der Waals surface area contributed by atoms with Gasteiger partial charge in [0.05, 0.1) is 22.7 Å². The molecule has 1 fully saturated rings. The predicted octanol–water partition coefficient (Wildman–Crippen LogP) is 4.84. The normalized spacial score (nSPS) is 23.4. The van der Waals surface area contributed by atoms with Crippen LogP contribution in [-0.4, -0.2) is 22.1 Å². The molecule has 0 spiro atoms. The predicted molar refractivity (Wildman–Crippen MR) is 116 cm³/mol. The molecule has 0 bridgehead atoms. The Bertz CT molecular complexity index is 1120. The van der Waals surface area contributed by atoms with Crippen LogP contribution < -0.4 is 5.32 Å². The van der Waals surface area contributed by atoms with E-state index in [-0.39, 0.29) is 5.82 Å². The molecule has 1 atom stereocenters. The van der Waals surface area contributed by atoms with Crippen molar-refractivity contribution < 1.29 is 4.39 Å². The topological polar surface area (TPSA) is 53.6 Å². The van der Waals surface area contributed by atoms with Crippen molar-refractivity contribution in [2.75, 3.05) is 6.54 Å². The van der Waals surface area contributed by atoms with Gasteiger partial charge in [0, 0.05) is 18.2 Å². The molecule has 1 aromatic heterocycles. The number of aromatic nitrogens is 2. The first kappa shape index (κ1) is 19.3. The first-order valence-corrected chi connectivity index (χ1v) is 11.0. The highest BCUT2D eigenvalue weighted by Gasteiger charge is 2.27. The second-order valence-electron chi connectivity index (χ2n) is 8.95. The molecule has 0 unspecified atom stereocenters. The molecule has 3 aromatic rings. The van der Waals surface area contributed by atoms with Gasteiger partial charge in [0.15, 0.2) is 0 Å². The van der Waals surface area contributed by atoms with Crippen molar-refractivity contribution in [2.24, 2.45) is 5.92 Å². The number of aryl methyl sites for hydroxylation is 1. The Hall–Kier alpha value is -2.71. The average Bonchev–Trinajstić information content (AvgIpc) is 3.31. The SMILES string of the molecule is Cc1nc2cc(F)ccc2n1C1CCC(NC[C@H]2Cc3ccc(C#N)cc3C2)CC1. The van der Waals surface area contributed by atoms with E-state index in [4.69, 9.17) is 5.26 Å². The van der Waals surface area contributed by atoms with E-state index in [2.05, 4.69) is 33.1 Å². The maximum atomic E-state index is 13.5. The molecule has 2 aliphatic rings. The lowest BCUT2D eigenvalue weighted by atomic mass is 9.90. The molecule has 1 heterocycles. The third kappa shape index (κ3) is 3.61. The number of fused-ring (bicyclic) bond motifs is 2. The van der Waals surface area contributed by atoms with Gasteiger partial charge in [-0.05, 0) is 93.3 Å². The van der Waals surface area contributed by atoms with Crippen LogP contribution in [0.5, 0.6) is 0 Å². The van der Waals surface area contributed by atoms with Gasteiger partial charge in [-0.25, -0.2) is 9.37 Å². The monoisotopic (exact) mass is 402 g/mol. The number of hydrogen-bond acceptors (Lipinski definition) is 3. The fourth-order valence-corrected chi connectivity index (χ4v) is 5.45. The third-order valence-electron chi connectivity index (χ3n) is 6.94. The van der Waals surface area contributed by atoms with E-state index in [9.17, 15) is 4.39 Å². The molecule has 154 valence electrons. The van der Waals surface area contributed by atoms with Crippen LogP contribution in [0.2, 0.25) is 0 Å². The summed E-state index contributed by atoms with van der Waals surface area (Å²) in [6.07, 6.45) is 6.74. The Morgan fingerprint density at radius 3 is 2.70 bits per heavy atom. The fraction of sp³-hybridized carbons (Fsp3) is 0.440. The van der Waals surface area contributed by atoms with Crippen LogP contribution in [-0.2, 0) is 12.8 Å². The molecule has 4 nitrogen and oxygen atoms in total. The van der Waals surface area contributed by atoms with Crippen LogP contribution in [0.15, 0.2) is 36.4 Å². The van der Waals surface area contributed by atoms with Crippen molar-refractivity contribution in [3.05, 3.63) is 64.7 Å². The van der Waals surface area contributed by atoms with Crippen LogP contribution in [0.4, 0.5) is 4.39 Å². The van der Waals surface area contributed by atoms with Crippen molar-refractivity contribution in [1.29, 1.82) is 5.26 Å². The second-order valence-corrected chi connectivity index (χ2v) is 8.95. The molecule has 0 saturated heterocycles. The first-order chi connectivity index (χ1) is 14.6. The van der Waals surface area contributed by atoms with Crippen LogP contribution >= 0.6 is 0 Å². The van der Waals surface area contributed by atoms with E-state index < -0.39 is 0 Å². The number of rotatable bonds is 4. The fourth-order valence-electron chi connectivity index (χ4n) is 5.45. The number of nitrogens with zero attached hydrogens (tertiary/aromatic N) is 3. The summed E-state index contributed by atoms with van der Waals surface area (Å²) >= 11 is 0. The van der Waals surface area contributed by atoms with Crippen LogP contribution in [0, 0.1) is 30.0 Å². The average molecular weight is 403 g/mol. The lowest BCUT2D eigenvalue weighted by Gasteiger charge is -2.31. The summed E-state index contributed by atoms with van der Waals surface area (Å²) < 4.78 is 15.8. The highest BCUT2D eigenvalue weighted by molar-refractivity contribution is 5.76. The second kappa shape index (κ2) is 7.85. The van der Waals surface area contributed by atoms with E-state index in [0.29, 0.717) is 18.0 Å². The molecule has 0 radical (unpaired) electrons. The maximum Gasteiger partial charge on any atom is 0.125 e. The summed E-state index contributed by atoms with van der Waals surface area (Å²) in [7, 11) is 0. The van der Waals surface area contributed by atoms with Gasteiger partial charge < -0.3 is 9.88 Å². The van der Waals surface area contributed by atoms with Crippen LogP contribution in [0.3, 0.4) is 0 Å². The molecule has 2 aliphatic carbocycles. The summed E-state index contributed by atoms with van der Waals surface area (Å²) in [6.45, 7) is 3.07. The van der Waals surface area contributed by atoms with Gasteiger partial charge in [-0.2, -0.15) is 5.26 Å². The van der Waals surface area contributed by atoms with Gasteiger partial charge >= 0.3 is 0 Å². The lowest BCUT2D eigenvalue weighted by Crippen LogP contribution is -2.37. The Balaban J connectivity index is 1.17. The standard InChI is InChI=1S/C25H27FN4/c1-16-29-24-13-21(26)4-9-25(24)30(16)23-7-5-22(6-8-23)28-15-18-11-19-3-2-17(14-27)10-20(19)12-18/h2-4,9-10,13,18,22-23,28H,5-8,11-12,15H2,1H3/t18-,22?,23?/m0/s1. The summed E-state index contributed by atoms with van der Waals surface area (Å²) in [4.78, 5) is 4.58. The Morgan fingerprint density at radius 1 is 1.10 bits per heavy atom. The maximum absolute atomic E-state index is 13.5. The molecule has 30 heavy (non-hydrogen) atoms. The van der Waals surface area contributed by atoms with Gasteiger partial charge in [-0.3, -0.25) is 0 Å². The first-order valence-electron chi connectivity index (χ1n) is 11.0. The number of nitriles is 1. The van der Waals surface area contributed by atoms with Crippen LogP contribution in [0.25, 0.3) is 11.0 Å². The number of hydrogen-bond donors (Lipinski definition) is 1. The smallest absolute Gasteiger partial charge is 0.125 e. The van der Waals surface area contributed by atoms with Gasteiger partial charge in [-0.1, -0.05) is 6.07 Å². The van der Waals surface area contributed by atoms with E-state index in [1.807, 2.05) is 19.1 Å². The van der Waals surface area contributed by atoms with E-state index in [1.54, 1.807) is 0 Å². The largest absolute Gasteiger partial charge is 0.325 e. The Morgan fingerprint density at radius 2 is 1.90 bits per heavy atom. The minimum atomic E-state index is -0.224. The highest BCUT2D eigenvalue weighted by atomic mass is 19.1. The summed E-state index contributed by atoms with van der Waals surface area (Å²) in [5, 5.41) is 12.9. The quantitative estimate of drug-likeness (QED) is 0.679. The van der Waals surface area contributed by atoms with Crippen molar-refractivity contribution >= 4 is 11.0 Å². The zero-order valence-corrected chi connectivity index (χ0v) is 17.4. The molecular formula is C25H27FN4. The molecular weight excluding hydrogens is 375 g/mol. The number of nitrogens with one attached hydrogen (secondary N) is 1. The van der Waals surface area contributed by atoms with Crippen molar-refractivity contribution in [3.8, 4) is 6.07 Å². The van der Waals surface area contributed by atoms with Crippen molar-refractivity contribution in [3.63, 3.8) is 0 Å². The van der Waals surface area contributed by atoms with E-state index in [0.717, 1.165) is 67.5 Å². The Kier molecular flexibility index (Phi) is 5.04. The van der Waals surface area contributed by atoms with Crippen molar-refractivity contribution in [2.45, 2.75) is 57.5 Å². The summed E-state index contributed by atoms with van der Waals surface area (Å²) in [6, 6.07) is 14.3. The molecule has 0 aliphatic heterocycles. The Labute approximate surface area is 176 Å². The summed E-state index contributed by atoms with van der Waals surface area (Å²) in [5.74, 6) is 1.38. The minimum absolute atomic E-state index is 0.224. The summed E-state index contributed by atoms with van der Waals surface area (Å²) in [5.41, 5.74) is 5.33. The molecule has 1 saturated carbocycles. The van der Waals surface area contributed by atoms with Crippen LogP contribution in [0.1, 0.15) is 54.2 Å².